The zero-order valence-electron chi connectivity index (χ0n) is 11.0. The summed E-state index contributed by atoms with van der Waals surface area (Å²) in [7, 11) is 0. The minimum absolute atomic E-state index is 0.369. The molecule has 1 aliphatic rings. The highest BCUT2D eigenvalue weighted by atomic mass is 16.1. The van der Waals surface area contributed by atoms with Crippen LogP contribution in [0.5, 0.6) is 0 Å². The van der Waals surface area contributed by atoms with Gasteiger partial charge in [-0.15, -0.1) is 0 Å². The van der Waals surface area contributed by atoms with Crippen molar-refractivity contribution in [1.82, 2.24) is 10.2 Å². The molecule has 0 bridgehead atoms. The third-order valence-electron chi connectivity index (χ3n) is 3.28. The van der Waals surface area contributed by atoms with E-state index in [9.17, 15) is 4.79 Å². The van der Waals surface area contributed by atoms with Gasteiger partial charge in [0.25, 0.3) is 0 Å². The number of nitrogens with two attached hydrogens (primary N) is 1. The standard InChI is InChI=1S/C14H21N3O/c1-10-7-17(8-11(2)16-10)9-12-3-5-13(6-4-12)14(15)18/h3-6,10-11,16H,7-9H2,1-2H3,(H2,15,18). The van der Waals surface area contributed by atoms with E-state index in [1.54, 1.807) is 12.1 Å². The molecule has 3 N–H and O–H groups in total. The van der Waals surface area contributed by atoms with Crippen molar-refractivity contribution in [3.63, 3.8) is 0 Å². The summed E-state index contributed by atoms with van der Waals surface area (Å²) in [5.41, 5.74) is 7.02. The highest BCUT2D eigenvalue weighted by molar-refractivity contribution is 5.92. The minimum atomic E-state index is -0.369. The van der Waals surface area contributed by atoms with Crippen LogP contribution in [-0.4, -0.2) is 36.0 Å². The predicted octanol–water partition coefficient (Wildman–Crippen LogP) is 0.968. The van der Waals surface area contributed by atoms with E-state index in [0.717, 1.165) is 19.6 Å². The van der Waals surface area contributed by atoms with Crippen LogP contribution in [0.1, 0.15) is 29.8 Å². The Kier molecular flexibility index (Phi) is 3.99. The molecule has 1 aromatic carbocycles. The number of carbonyl (C=O) groups excluding carboxylic acids is 1. The molecule has 1 heterocycles. The van der Waals surface area contributed by atoms with Gasteiger partial charge in [0.05, 0.1) is 0 Å². The summed E-state index contributed by atoms with van der Waals surface area (Å²) in [6, 6.07) is 8.62. The second-order valence-corrected chi connectivity index (χ2v) is 5.22. The largest absolute Gasteiger partial charge is 0.366 e. The summed E-state index contributed by atoms with van der Waals surface area (Å²) in [5, 5.41) is 3.52. The summed E-state index contributed by atoms with van der Waals surface area (Å²) < 4.78 is 0. The third-order valence-corrected chi connectivity index (χ3v) is 3.28. The fourth-order valence-electron chi connectivity index (χ4n) is 2.60. The molecule has 0 spiro atoms. The van der Waals surface area contributed by atoms with Crippen LogP contribution in [0.2, 0.25) is 0 Å². The van der Waals surface area contributed by atoms with Gasteiger partial charge in [0.2, 0.25) is 5.91 Å². The Bertz CT molecular complexity index is 406. The van der Waals surface area contributed by atoms with E-state index in [2.05, 4.69) is 24.1 Å². The van der Waals surface area contributed by atoms with Crippen LogP contribution in [0.25, 0.3) is 0 Å². The van der Waals surface area contributed by atoms with E-state index in [-0.39, 0.29) is 5.91 Å². The molecular weight excluding hydrogens is 226 g/mol. The Hall–Kier alpha value is -1.39. The minimum Gasteiger partial charge on any atom is -0.366 e. The summed E-state index contributed by atoms with van der Waals surface area (Å²) in [6.45, 7) is 7.46. The molecule has 98 valence electrons. The topological polar surface area (TPSA) is 58.4 Å². The molecule has 1 amide bonds. The number of benzene rings is 1. The summed E-state index contributed by atoms with van der Waals surface area (Å²) in [5.74, 6) is -0.369. The number of rotatable bonds is 3. The molecular formula is C14H21N3O. The molecule has 4 heteroatoms. The smallest absolute Gasteiger partial charge is 0.248 e. The molecule has 0 saturated carbocycles. The van der Waals surface area contributed by atoms with Gasteiger partial charge in [-0.2, -0.15) is 0 Å². The van der Waals surface area contributed by atoms with Crippen molar-refractivity contribution in [2.24, 2.45) is 5.73 Å². The zero-order chi connectivity index (χ0) is 13.1. The van der Waals surface area contributed by atoms with Gasteiger partial charge in [-0.25, -0.2) is 0 Å². The van der Waals surface area contributed by atoms with Gasteiger partial charge in [-0.1, -0.05) is 12.1 Å². The zero-order valence-corrected chi connectivity index (χ0v) is 11.0. The quantitative estimate of drug-likeness (QED) is 0.836. The van der Waals surface area contributed by atoms with E-state index in [0.29, 0.717) is 17.6 Å². The number of hydrogen-bond donors (Lipinski definition) is 2. The molecule has 2 atom stereocenters. The van der Waals surface area contributed by atoms with E-state index in [1.807, 2.05) is 12.1 Å². The van der Waals surface area contributed by atoms with Gasteiger partial charge >= 0.3 is 0 Å². The average Bonchev–Trinajstić information content (AvgIpc) is 2.28. The number of nitrogens with zero attached hydrogens (tertiary/aromatic N) is 1. The highest BCUT2D eigenvalue weighted by Crippen LogP contribution is 2.11. The summed E-state index contributed by atoms with van der Waals surface area (Å²) in [4.78, 5) is 13.4. The van der Waals surface area contributed by atoms with Crippen molar-refractivity contribution < 1.29 is 4.79 Å². The number of amides is 1. The second-order valence-electron chi connectivity index (χ2n) is 5.22. The van der Waals surface area contributed by atoms with Crippen molar-refractivity contribution in [1.29, 1.82) is 0 Å². The van der Waals surface area contributed by atoms with Crippen molar-refractivity contribution in [2.45, 2.75) is 32.5 Å². The maximum absolute atomic E-state index is 11.0. The molecule has 4 nitrogen and oxygen atoms in total. The van der Waals surface area contributed by atoms with Gasteiger partial charge in [0.1, 0.15) is 0 Å². The maximum Gasteiger partial charge on any atom is 0.248 e. The number of hydrogen-bond acceptors (Lipinski definition) is 3. The van der Waals surface area contributed by atoms with Crippen LogP contribution < -0.4 is 11.1 Å². The normalized spacial score (nSPS) is 25.0. The number of piperazine rings is 1. The van der Waals surface area contributed by atoms with Crippen LogP contribution in [0.15, 0.2) is 24.3 Å². The lowest BCUT2D eigenvalue weighted by molar-refractivity contribution is 0.100. The highest BCUT2D eigenvalue weighted by Gasteiger charge is 2.20. The van der Waals surface area contributed by atoms with Gasteiger partial charge in [0.15, 0.2) is 0 Å². The molecule has 0 radical (unpaired) electrons. The van der Waals surface area contributed by atoms with E-state index < -0.39 is 0 Å². The summed E-state index contributed by atoms with van der Waals surface area (Å²) >= 11 is 0. The van der Waals surface area contributed by atoms with Crippen LogP contribution in [0, 0.1) is 0 Å². The molecule has 1 saturated heterocycles. The first kappa shape index (κ1) is 13.1. The predicted molar refractivity (Wildman–Crippen MR) is 72.3 cm³/mol. The maximum atomic E-state index is 11.0. The van der Waals surface area contributed by atoms with Gasteiger partial charge in [0, 0.05) is 37.3 Å². The molecule has 1 aromatic rings. The number of primary amides is 1. The monoisotopic (exact) mass is 247 g/mol. The molecule has 1 fully saturated rings. The lowest BCUT2D eigenvalue weighted by Crippen LogP contribution is -2.53. The molecule has 18 heavy (non-hydrogen) atoms. The Balaban J connectivity index is 1.98. The SMILES string of the molecule is CC1CN(Cc2ccc(C(N)=O)cc2)CC(C)N1. The van der Waals surface area contributed by atoms with Gasteiger partial charge < -0.3 is 11.1 Å². The Morgan fingerprint density at radius 1 is 1.28 bits per heavy atom. The Labute approximate surface area is 108 Å². The lowest BCUT2D eigenvalue weighted by Gasteiger charge is -2.36. The fourth-order valence-corrected chi connectivity index (χ4v) is 2.60. The van der Waals surface area contributed by atoms with Gasteiger partial charge in [-0.05, 0) is 31.5 Å². The van der Waals surface area contributed by atoms with E-state index in [1.165, 1.54) is 5.56 Å². The number of nitrogens with one attached hydrogen (secondary N) is 1. The number of carbonyl (C=O) groups is 1. The summed E-state index contributed by atoms with van der Waals surface area (Å²) in [6.07, 6.45) is 0. The molecule has 0 aliphatic carbocycles. The molecule has 0 aromatic heterocycles. The molecule has 2 rings (SSSR count). The first-order valence-corrected chi connectivity index (χ1v) is 6.41. The average molecular weight is 247 g/mol. The van der Waals surface area contributed by atoms with Crippen LogP contribution in [-0.2, 0) is 6.54 Å². The Morgan fingerprint density at radius 2 is 1.83 bits per heavy atom. The third kappa shape index (κ3) is 3.31. The molecule has 2 unspecified atom stereocenters. The van der Waals surface area contributed by atoms with Crippen LogP contribution in [0.4, 0.5) is 0 Å². The van der Waals surface area contributed by atoms with E-state index >= 15 is 0 Å². The van der Waals surface area contributed by atoms with Crippen molar-refractivity contribution in [3.05, 3.63) is 35.4 Å². The lowest BCUT2D eigenvalue weighted by atomic mass is 10.1. The van der Waals surface area contributed by atoms with E-state index in [4.69, 9.17) is 5.73 Å². The first-order chi connectivity index (χ1) is 8.54. The fraction of sp³-hybridized carbons (Fsp3) is 0.500. The van der Waals surface area contributed by atoms with Crippen LogP contribution in [0.3, 0.4) is 0 Å². The van der Waals surface area contributed by atoms with Crippen molar-refractivity contribution in [3.8, 4) is 0 Å². The Morgan fingerprint density at radius 3 is 2.33 bits per heavy atom. The first-order valence-electron chi connectivity index (χ1n) is 6.41. The van der Waals surface area contributed by atoms with Crippen molar-refractivity contribution in [2.75, 3.05) is 13.1 Å². The molecule has 1 aliphatic heterocycles. The van der Waals surface area contributed by atoms with Crippen LogP contribution >= 0.6 is 0 Å². The van der Waals surface area contributed by atoms with Crippen molar-refractivity contribution >= 4 is 5.91 Å². The van der Waals surface area contributed by atoms with Gasteiger partial charge in [-0.3, -0.25) is 9.69 Å². The second kappa shape index (κ2) is 5.50.